The molecule has 0 saturated carbocycles. The van der Waals surface area contributed by atoms with Gasteiger partial charge >= 0.3 is 0 Å². The van der Waals surface area contributed by atoms with Crippen LogP contribution in [0.4, 0.5) is 0 Å². The molecular weight excluding hydrogens is 276 g/mol. The van der Waals surface area contributed by atoms with E-state index >= 15 is 0 Å². The smallest absolute Gasteiger partial charge is 0.273 e. The number of likely N-dealkylation sites (tertiary alicyclic amines) is 1. The number of carbonyl (C=O) groups is 1. The van der Waals surface area contributed by atoms with E-state index in [4.69, 9.17) is 4.74 Å². The largest absolute Gasteiger partial charge is 0.471 e. The van der Waals surface area contributed by atoms with Crippen molar-refractivity contribution in [1.82, 2.24) is 20.1 Å². The number of aryl methyl sites for hydroxylation is 1. The Morgan fingerprint density at radius 3 is 3.15 bits per heavy atom. The first-order valence-electron chi connectivity index (χ1n) is 6.38. The van der Waals surface area contributed by atoms with Crippen LogP contribution in [0.3, 0.4) is 0 Å². The summed E-state index contributed by atoms with van der Waals surface area (Å²) in [5.41, 5.74) is 0.521. The van der Waals surface area contributed by atoms with Crippen molar-refractivity contribution >= 4 is 17.2 Å². The van der Waals surface area contributed by atoms with Gasteiger partial charge in [0.05, 0.1) is 11.6 Å². The van der Waals surface area contributed by atoms with Gasteiger partial charge in [0.2, 0.25) is 5.88 Å². The number of hydrogen-bond acceptors (Lipinski definition) is 6. The van der Waals surface area contributed by atoms with Gasteiger partial charge in [0.1, 0.15) is 11.8 Å². The van der Waals surface area contributed by atoms with Gasteiger partial charge in [0, 0.05) is 30.6 Å². The van der Waals surface area contributed by atoms with Crippen LogP contribution in [0.15, 0.2) is 23.7 Å². The zero-order chi connectivity index (χ0) is 13.9. The second-order valence-corrected chi connectivity index (χ2v) is 5.66. The fourth-order valence-electron chi connectivity index (χ4n) is 2.15. The molecule has 0 aromatic carbocycles. The molecule has 0 aliphatic carbocycles. The molecule has 1 aliphatic heterocycles. The lowest BCUT2D eigenvalue weighted by Crippen LogP contribution is -2.31. The van der Waals surface area contributed by atoms with Gasteiger partial charge in [-0.15, -0.1) is 16.4 Å². The Kier molecular flexibility index (Phi) is 3.60. The van der Waals surface area contributed by atoms with E-state index in [9.17, 15) is 4.79 Å². The number of thiazole rings is 1. The van der Waals surface area contributed by atoms with E-state index in [-0.39, 0.29) is 12.0 Å². The highest BCUT2D eigenvalue weighted by molar-refractivity contribution is 7.09. The van der Waals surface area contributed by atoms with E-state index in [0.29, 0.717) is 24.7 Å². The third-order valence-corrected chi connectivity index (χ3v) is 3.88. The van der Waals surface area contributed by atoms with Crippen LogP contribution in [0, 0.1) is 6.92 Å². The van der Waals surface area contributed by atoms with Gasteiger partial charge in [-0.05, 0) is 13.0 Å². The summed E-state index contributed by atoms with van der Waals surface area (Å²) in [6.07, 6.45) is 2.36. The molecule has 3 rings (SSSR count). The predicted molar refractivity (Wildman–Crippen MR) is 73.8 cm³/mol. The molecule has 1 fully saturated rings. The molecule has 0 unspecified atom stereocenters. The van der Waals surface area contributed by atoms with Crippen molar-refractivity contribution in [3.8, 4) is 5.88 Å². The molecule has 0 radical (unpaired) electrons. The molecule has 104 valence electrons. The molecule has 3 heterocycles. The SMILES string of the molecule is Cc1nc(C(=O)N2CC[C@@H](Oc3cccnn3)C2)cs1. The number of ether oxygens (including phenoxy) is 1. The lowest BCUT2D eigenvalue weighted by Gasteiger charge is -2.15. The maximum Gasteiger partial charge on any atom is 0.273 e. The predicted octanol–water partition coefficient (Wildman–Crippen LogP) is 1.54. The second-order valence-electron chi connectivity index (χ2n) is 4.59. The zero-order valence-corrected chi connectivity index (χ0v) is 11.8. The van der Waals surface area contributed by atoms with Crippen molar-refractivity contribution in [2.45, 2.75) is 19.4 Å². The Morgan fingerprint density at radius 1 is 1.55 bits per heavy atom. The van der Waals surface area contributed by atoms with Crippen LogP contribution in [-0.2, 0) is 0 Å². The highest BCUT2D eigenvalue weighted by Gasteiger charge is 2.29. The van der Waals surface area contributed by atoms with E-state index < -0.39 is 0 Å². The molecule has 2 aromatic rings. The molecule has 2 aromatic heterocycles. The van der Waals surface area contributed by atoms with Crippen LogP contribution in [0.5, 0.6) is 5.88 Å². The van der Waals surface area contributed by atoms with Crippen molar-refractivity contribution in [3.63, 3.8) is 0 Å². The van der Waals surface area contributed by atoms with Crippen LogP contribution >= 0.6 is 11.3 Å². The molecule has 1 atom stereocenters. The third-order valence-electron chi connectivity index (χ3n) is 3.11. The van der Waals surface area contributed by atoms with Gasteiger partial charge in [0.15, 0.2) is 0 Å². The average molecular weight is 290 g/mol. The Bertz CT molecular complexity index is 601. The summed E-state index contributed by atoms with van der Waals surface area (Å²) in [5.74, 6) is 0.468. The molecule has 1 saturated heterocycles. The van der Waals surface area contributed by atoms with Gasteiger partial charge in [-0.3, -0.25) is 4.79 Å². The minimum Gasteiger partial charge on any atom is -0.471 e. The number of hydrogen-bond donors (Lipinski definition) is 0. The first-order valence-corrected chi connectivity index (χ1v) is 7.26. The molecular formula is C13H14N4O2S. The quantitative estimate of drug-likeness (QED) is 0.857. The molecule has 1 aliphatic rings. The Hall–Kier alpha value is -2.02. The molecule has 7 heteroatoms. The summed E-state index contributed by atoms with van der Waals surface area (Å²) >= 11 is 1.49. The van der Waals surface area contributed by atoms with Crippen molar-refractivity contribution < 1.29 is 9.53 Å². The van der Waals surface area contributed by atoms with Crippen LogP contribution in [0.2, 0.25) is 0 Å². The van der Waals surface area contributed by atoms with Crippen LogP contribution in [0.25, 0.3) is 0 Å². The first-order chi connectivity index (χ1) is 9.72. The van der Waals surface area contributed by atoms with Gasteiger partial charge < -0.3 is 9.64 Å². The average Bonchev–Trinajstić information content (AvgIpc) is 3.08. The molecule has 0 bridgehead atoms. The van der Waals surface area contributed by atoms with Gasteiger partial charge in [-0.25, -0.2) is 4.98 Å². The number of nitrogens with zero attached hydrogens (tertiary/aromatic N) is 4. The minimum absolute atomic E-state index is 0.0282. The van der Waals surface area contributed by atoms with E-state index in [1.807, 2.05) is 6.92 Å². The van der Waals surface area contributed by atoms with Crippen LogP contribution in [-0.4, -0.2) is 45.2 Å². The molecule has 20 heavy (non-hydrogen) atoms. The van der Waals surface area contributed by atoms with E-state index in [2.05, 4.69) is 15.2 Å². The second kappa shape index (κ2) is 5.54. The van der Waals surface area contributed by atoms with Gasteiger partial charge in [-0.1, -0.05) is 0 Å². The normalized spacial score (nSPS) is 18.2. The standard InChI is InChI=1S/C13H14N4O2S/c1-9-15-11(8-20-9)13(18)17-6-4-10(7-17)19-12-3-2-5-14-16-12/h2-3,5,8,10H,4,6-7H2,1H3/t10-/m1/s1. The van der Waals surface area contributed by atoms with Crippen molar-refractivity contribution in [3.05, 3.63) is 34.4 Å². The Balaban J connectivity index is 1.61. The highest BCUT2D eigenvalue weighted by Crippen LogP contribution is 2.18. The highest BCUT2D eigenvalue weighted by atomic mass is 32.1. The molecule has 0 spiro atoms. The monoisotopic (exact) mass is 290 g/mol. The van der Waals surface area contributed by atoms with Crippen LogP contribution in [0.1, 0.15) is 21.9 Å². The first kappa shape index (κ1) is 13.0. The Labute approximate surface area is 120 Å². The number of carbonyl (C=O) groups excluding carboxylic acids is 1. The fourth-order valence-corrected chi connectivity index (χ4v) is 2.74. The summed E-state index contributed by atoms with van der Waals surface area (Å²) in [4.78, 5) is 18.2. The topological polar surface area (TPSA) is 68.2 Å². The Morgan fingerprint density at radius 2 is 2.45 bits per heavy atom. The maximum absolute atomic E-state index is 12.2. The molecule has 0 N–H and O–H groups in total. The summed E-state index contributed by atoms with van der Waals surface area (Å²) in [6.45, 7) is 3.14. The van der Waals surface area contributed by atoms with Gasteiger partial charge in [-0.2, -0.15) is 5.10 Å². The lowest BCUT2D eigenvalue weighted by molar-refractivity contribution is 0.0766. The maximum atomic E-state index is 12.2. The summed E-state index contributed by atoms with van der Waals surface area (Å²) in [5, 5.41) is 10.4. The fraction of sp³-hybridized carbons (Fsp3) is 0.385. The van der Waals surface area contributed by atoms with Gasteiger partial charge in [0.25, 0.3) is 5.91 Å². The lowest BCUT2D eigenvalue weighted by atomic mass is 10.3. The molecule has 6 nitrogen and oxygen atoms in total. The van der Waals surface area contributed by atoms with E-state index in [1.165, 1.54) is 11.3 Å². The van der Waals surface area contributed by atoms with Crippen molar-refractivity contribution in [1.29, 1.82) is 0 Å². The minimum atomic E-state index is -0.0321. The van der Waals surface area contributed by atoms with E-state index in [1.54, 1.807) is 28.6 Å². The van der Waals surface area contributed by atoms with Crippen LogP contribution < -0.4 is 4.74 Å². The number of amides is 1. The summed E-state index contributed by atoms with van der Waals surface area (Å²) < 4.78 is 5.71. The van der Waals surface area contributed by atoms with Crippen molar-refractivity contribution in [2.75, 3.05) is 13.1 Å². The van der Waals surface area contributed by atoms with E-state index in [0.717, 1.165) is 11.4 Å². The zero-order valence-electron chi connectivity index (χ0n) is 11.0. The molecule has 1 amide bonds. The van der Waals surface area contributed by atoms with Crippen molar-refractivity contribution in [2.24, 2.45) is 0 Å². The number of rotatable bonds is 3. The summed E-state index contributed by atoms with van der Waals surface area (Å²) in [7, 11) is 0. The summed E-state index contributed by atoms with van der Waals surface area (Å²) in [6, 6.07) is 3.54. The third kappa shape index (κ3) is 2.77. The number of aromatic nitrogens is 3.